The van der Waals surface area contributed by atoms with Gasteiger partial charge in [-0.05, 0) is 37.0 Å². The highest BCUT2D eigenvalue weighted by molar-refractivity contribution is 7.89. The van der Waals surface area contributed by atoms with Gasteiger partial charge in [-0.2, -0.15) is 9.29 Å². The first-order chi connectivity index (χ1) is 13.9. The Morgan fingerprint density at radius 2 is 2.17 bits per heavy atom. The van der Waals surface area contributed by atoms with Crippen LogP contribution in [0.1, 0.15) is 18.7 Å². The molecule has 4 rings (SSSR count). The summed E-state index contributed by atoms with van der Waals surface area (Å²) in [4.78, 5) is 12.4. The van der Waals surface area contributed by atoms with Crippen molar-refractivity contribution in [3.63, 3.8) is 0 Å². The summed E-state index contributed by atoms with van der Waals surface area (Å²) in [5.41, 5.74) is 0.503. The van der Waals surface area contributed by atoms with Gasteiger partial charge < -0.3 is 4.52 Å². The molecule has 1 atom stereocenters. The van der Waals surface area contributed by atoms with Gasteiger partial charge >= 0.3 is 0 Å². The highest BCUT2D eigenvalue weighted by atomic mass is 35.5. The van der Waals surface area contributed by atoms with Crippen LogP contribution in [0.3, 0.4) is 0 Å². The predicted octanol–water partition coefficient (Wildman–Crippen LogP) is 2.96. The fraction of sp³-hybridized carbons (Fsp3) is 0.333. The topological polar surface area (TPSA) is 102 Å². The van der Waals surface area contributed by atoms with E-state index in [4.69, 9.17) is 16.1 Å². The van der Waals surface area contributed by atoms with Crippen LogP contribution in [0.15, 0.2) is 46.2 Å². The minimum absolute atomic E-state index is 0.0182. The molecule has 0 N–H and O–H groups in total. The zero-order chi connectivity index (χ0) is 20.4. The number of rotatable bonds is 5. The molecule has 1 aliphatic rings. The van der Waals surface area contributed by atoms with Crippen LogP contribution >= 0.6 is 11.6 Å². The SMILES string of the molecule is O=S(=O)(c1ccc(F)c(Cl)c1)N1CCCC(Cc2nc(-c3cnccn3)no2)C1. The Bertz CT molecular complexity index is 1110. The van der Waals surface area contributed by atoms with E-state index >= 15 is 0 Å². The molecule has 1 fully saturated rings. The van der Waals surface area contributed by atoms with Crippen LogP contribution < -0.4 is 0 Å². The Kier molecular flexibility index (Phi) is 5.57. The molecule has 8 nitrogen and oxygen atoms in total. The van der Waals surface area contributed by atoms with E-state index in [1.54, 1.807) is 6.20 Å². The third-order valence-corrected chi connectivity index (χ3v) is 6.89. The average Bonchev–Trinajstić information content (AvgIpc) is 3.19. The normalized spacial score (nSPS) is 18.1. The van der Waals surface area contributed by atoms with Crippen molar-refractivity contribution < 1.29 is 17.3 Å². The van der Waals surface area contributed by atoms with Gasteiger partial charge in [-0.25, -0.2) is 17.8 Å². The molecule has 0 radical (unpaired) electrons. The van der Waals surface area contributed by atoms with E-state index < -0.39 is 15.8 Å². The Balaban J connectivity index is 1.47. The molecule has 0 saturated carbocycles. The minimum atomic E-state index is -3.77. The summed E-state index contributed by atoms with van der Waals surface area (Å²) in [5.74, 6) is 0.121. The quantitative estimate of drug-likeness (QED) is 0.604. The molecular formula is C18H17ClFN5O3S. The highest BCUT2D eigenvalue weighted by Gasteiger charge is 2.31. The molecule has 2 aromatic heterocycles. The molecule has 1 saturated heterocycles. The molecule has 29 heavy (non-hydrogen) atoms. The van der Waals surface area contributed by atoms with E-state index in [0.717, 1.165) is 18.6 Å². The van der Waals surface area contributed by atoms with Gasteiger partial charge in [0.15, 0.2) is 0 Å². The number of sulfonamides is 1. The molecule has 0 bridgehead atoms. The van der Waals surface area contributed by atoms with Gasteiger partial charge in [0.1, 0.15) is 11.5 Å². The van der Waals surface area contributed by atoms with Gasteiger partial charge in [-0.3, -0.25) is 4.98 Å². The van der Waals surface area contributed by atoms with E-state index in [1.807, 2.05) is 0 Å². The predicted molar refractivity (Wildman–Crippen MR) is 102 cm³/mol. The molecule has 1 aromatic carbocycles. The standard InChI is InChI=1S/C18H17ClFN5O3S/c19-14-9-13(3-4-15(14)20)29(26,27)25-7-1-2-12(11-25)8-17-23-18(24-28-17)16-10-21-5-6-22-16/h3-6,9-10,12H,1-2,7-8,11H2. The van der Waals surface area contributed by atoms with Gasteiger partial charge in [0.2, 0.25) is 21.7 Å². The van der Waals surface area contributed by atoms with Crippen LogP contribution in [0.25, 0.3) is 11.5 Å². The van der Waals surface area contributed by atoms with Gasteiger partial charge in [-0.15, -0.1) is 0 Å². The van der Waals surface area contributed by atoms with Crippen molar-refractivity contribution in [2.45, 2.75) is 24.2 Å². The van der Waals surface area contributed by atoms with E-state index in [9.17, 15) is 12.8 Å². The monoisotopic (exact) mass is 437 g/mol. The highest BCUT2D eigenvalue weighted by Crippen LogP contribution is 2.28. The number of aromatic nitrogens is 4. The Morgan fingerprint density at radius 1 is 1.31 bits per heavy atom. The van der Waals surface area contributed by atoms with Crippen molar-refractivity contribution in [1.82, 2.24) is 24.4 Å². The van der Waals surface area contributed by atoms with Crippen molar-refractivity contribution in [1.29, 1.82) is 0 Å². The molecular weight excluding hydrogens is 421 g/mol. The molecule has 1 aliphatic heterocycles. The van der Waals surface area contributed by atoms with Crippen LogP contribution in [-0.2, 0) is 16.4 Å². The Hall–Kier alpha value is -2.43. The first-order valence-electron chi connectivity index (χ1n) is 8.97. The largest absolute Gasteiger partial charge is 0.339 e. The summed E-state index contributed by atoms with van der Waals surface area (Å²) in [6.45, 7) is 0.697. The van der Waals surface area contributed by atoms with Crippen molar-refractivity contribution in [2.24, 2.45) is 5.92 Å². The van der Waals surface area contributed by atoms with Crippen molar-refractivity contribution in [2.75, 3.05) is 13.1 Å². The van der Waals surface area contributed by atoms with Crippen LogP contribution in [-0.4, -0.2) is 45.9 Å². The van der Waals surface area contributed by atoms with E-state index in [1.165, 1.54) is 22.8 Å². The second-order valence-corrected chi connectivity index (χ2v) is 9.10. The maximum Gasteiger partial charge on any atom is 0.243 e. The van der Waals surface area contributed by atoms with Gasteiger partial charge in [0.05, 0.1) is 16.1 Å². The lowest BCUT2D eigenvalue weighted by molar-refractivity contribution is 0.247. The van der Waals surface area contributed by atoms with Crippen LogP contribution in [0.2, 0.25) is 5.02 Å². The minimum Gasteiger partial charge on any atom is -0.339 e. The number of nitrogens with zero attached hydrogens (tertiary/aromatic N) is 5. The molecule has 1 unspecified atom stereocenters. The van der Waals surface area contributed by atoms with E-state index in [-0.39, 0.29) is 15.8 Å². The lowest BCUT2D eigenvalue weighted by Gasteiger charge is -2.31. The van der Waals surface area contributed by atoms with Gasteiger partial charge in [0, 0.05) is 31.9 Å². The smallest absolute Gasteiger partial charge is 0.243 e. The maximum absolute atomic E-state index is 13.4. The zero-order valence-electron chi connectivity index (χ0n) is 15.2. The number of hydrogen-bond donors (Lipinski definition) is 0. The number of benzene rings is 1. The van der Waals surface area contributed by atoms with Gasteiger partial charge in [0.25, 0.3) is 0 Å². The van der Waals surface area contributed by atoms with E-state index in [2.05, 4.69) is 20.1 Å². The Labute approximate surface area is 171 Å². The summed E-state index contributed by atoms with van der Waals surface area (Å²) in [7, 11) is -3.77. The second kappa shape index (κ2) is 8.13. The summed E-state index contributed by atoms with van der Waals surface area (Å²) >= 11 is 5.75. The molecule has 0 spiro atoms. The number of piperidine rings is 1. The zero-order valence-corrected chi connectivity index (χ0v) is 16.8. The van der Waals surface area contributed by atoms with Crippen LogP contribution in [0.5, 0.6) is 0 Å². The van der Waals surface area contributed by atoms with Crippen molar-refractivity contribution in [3.05, 3.63) is 53.5 Å². The Morgan fingerprint density at radius 3 is 2.93 bits per heavy atom. The summed E-state index contributed by atoms with van der Waals surface area (Å²) < 4.78 is 45.9. The first-order valence-corrected chi connectivity index (χ1v) is 10.8. The number of halogens is 2. The molecule has 3 aromatic rings. The summed E-state index contributed by atoms with van der Waals surface area (Å²) in [5, 5.41) is 3.69. The number of hydrogen-bond acceptors (Lipinski definition) is 7. The average molecular weight is 438 g/mol. The van der Waals surface area contributed by atoms with Crippen LogP contribution in [0.4, 0.5) is 4.39 Å². The van der Waals surface area contributed by atoms with Crippen molar-refractivity contribution in [3.8, 4) is 11.5 Å². The lowest BCUT2D eigenvalue weighted by atomic mass is 9.96. The maximum atomic E-state index is 13.4. The van der Waals surface area contributed by atoms with Crippen molar-refractivity contribution >= 4 is 21.6 Å². The fourth-order valence-electron chi connectivity index (χ4n) is 3.30. The molecule has 0 aliphatic carbocycles. The third kappa shape index (κ3) is 4.29. The van der Waals surface area contributed by atoms with E-state index in [0.29, 0.717) is 43.3 Å². The third-order valence-electron chi connectivity index (χ3n) is 4.73. The summed E-state index contributed by atoms with van der Waals surface area (Å²) in [6.07, 6.45) is 6.61. The second-order valence-electron chi connectivity index (χ2n) is 6.75. The molecule has 3 heterocycles. The summed E-state index contributed by atoms with van der Waals surface area (Å²) in [6, 6.07) is 3.43. The lowest BCUT2D eigenvalue weighted by Crippen LogP contribution is -2.40. The molecule has 152 valence electrons. The van der Waals surface area contributed by atoms with Gasteiger partial charge in [-0.1, -0.05) is 16.8 Å². The fourth-order valence-corrected chi connectivity index (χ4v) is 5.13. The first kappa shape index (κ1) is 19.9. The van der Waals surface area contributed by atoms with Crippen LogP contribution in [0, 0.1) is 11.7 Å². The molecule has 11 heteroatoms. The molecule has 0 amide bonds.